The van der Waals surface area contributed by atoms with Crippen LogP contribution in [0.15, 0.2) is 41.6 Å². The first-order valence-corrected chi connectivity index (χ1v) is 5.99. The molecule has 1 heterocycles. The van der Waals surface area contributed by atoms with Crippen molar-refractivity contribution >= 4 is 12.5 Å². The average Bonchev–Trinajstić information content (AvgIpc) is 2.95. The van der Waals surface area contributed by atoms with Crippen LogP contribution in [0.2, 0.25) is 0 Å². The summed E-state index contributed by atoms with van der Waals surface area (Å²) in [5.41, 5.74) is 2.63. The molecule has 0 spiro atoms. The van der Waals surface area contributed by atoms with Gasteiger partial charge in [-0.1, -0.05) is 29.4 Å². The van der Waals surface area contributed by atoms with Gasteiger partial charge < -0.3 is 14.7 Å². The van der Waals surface area contributed by atoms with E-state index in [-0.39, 0.29) is 6.79 Å². The van der Waals surface area contributed by atoms with Gasteiger partial charge in [-0.25, -0.2) is 0 Å². The van der Waals surface area contributed by atoms with Gasteiger partial charge in [0.2, 0.25) is 6.79 Å². The fourth-order valence-corrected chi connectivity index (χ4v) is 2.26. The standard InChI is InChI=1S/C15H11NO4/c17-8-13-12(5-6-14-15(13)20-9-19-14)11-4-2-1-3-10(11)7-16-18/h1-8,18H,9H2/b16-7-. The first-order valence-electron chi connectivity index (χ1n) is 5.99. The quantitative estimate of drug-likeness (QED) is 0.402. The summed E-state index contributed by atoms with van der Waals surface area (Å²) in [6.45, 7) is 0.110. The number of benzene rings is 2. The van der Waals surface area contributed by atoms with Gasteiger partial charge in [-0.3, -0.25) is 4.79 Å². The Hall–Kier alpha value is -2.82. The largest absolute Gasteiger partial charge is 0.454 e. The Labute approximate surface area is 115 Å². The minimum absolute atomic E-state index is 0.110. The minimum Gasteiger partial charge on any atom is -0.454 e. The molecule has 0 radical (unpaired) electrons. The molecule has 3 rings (SSSR count). The Morgan fingerprint density at radius 1 is 1.10 bits per heavy atom. The molecule has 5 nitrogen and oxygen atoms in total. The monoisotopic (exact) mass is 269 g/mol. The lowest BCUT2D eigenvalue weighted by Crippen LogP contribution is -1.96. The van der Waals surface area contributed by atoms with Gasteiger partial charge in [0.1, 0.15) is 0 Å². The zero-order valence-electron chi connectivity index (χ0n) is 10.4. The molecule has 0 fully saturated rings. The summed E-state index contributed by atoms with van der Waals surface area (Å²) in [4.78, 5) is 11.4. The molecule has 5 heteroatoms. The molecule has 0 atom stereocenters. The highest BCUT2D eigenvalue weighted by Crippen LogP contribution is 2.40. The molecule has 0 aliphatic carbocycles. The van der Waals surface area contributed by atoms with Crippen molar-refractivity contribution in [2.24, 2.45) is 5.16 Å². The molecular weight excluding hydrogens is 258 g/mol. The number of aldehydes is 1. The SMILES string of the molecule is O=Cc1c(-c2ccccc2/C=N\O)ccc2c1OCO2. The van der Waals surface area contributed by atoms with Crippen molar-refractivity contribution in [3.05, 3.63) is 47.5 Å². The molecule has 0 bridgehead atoms. The third-order valence-electron chi connectivity index (χ3n) is 3.14. The third-order valence-corrected chi connectivity index (χ3v) is 3.14. The smallest absolute Gasteiger partial charge is 0.231 e. The second kappa shape index (κ2) is 5.05. The number of carbonyl (C=O) groups excluding carboxylic acids is 1. The van der Waals surface area contributed by atoms with Gasteiger partial charge in [0.05, 0.1) is 11.8 Å². The Balaban J connectivity index is 2.23. The number of hydrogen-bond acceptors (Lipinski definition) is 5. The van der Waals surface area contributed by atoms with Crippen LogP contribution in [0.4, 0.5) is 0 Å². The van der Waals surface area contributed by atoms with Gasteiger partial charge in [0.15, 0.2) is 17.8 Å². The number of oxime groups is 1. The fourth-order valence-electron chi connectivity index (χ4n) is 2.26. The molecule has 1 aliphatic rings. The van der Waals surface area contributed by atoms with E-state index in [2.05, 4.69) is 5.16 Å². The van der Waals surface area contributed by atoms with Crippen LogP contribution < -0.4 is 9.47 Å². The minimum atomic E-state index is 0.110. The topological polar surface area (TPSA) is 68.1 Å². The van der Waals surface area contributed by atoms with Gasteiger partial charge in [-0.15, -0.1) is 0 Å². The Kier molecular flexibility index (Phi) is 3.09. The van der Waals surface area contributed by atoms with Crippen LogP contribution in [0.25, 0.3) is 11.1 Å². The molecule has 0 unspecified atom stereocenters. The first-order chi connectivity index (χ1) is 9.85. The van der Waals surface area contributed by atoms with Crippen LogP contribution in [0, 0.1) is 0 Å². The van der Waals surface area contributed by atoms with E-state index in [1.807, 2.05) is 18.2 Å². The molecule has 100 valence electrons. The van der Waals surface area contributed by atoms with Crippen LogP contribution in [0.5, 0.6) is 11.5 Å². The van der Waals surface area contributed by atoms with Crippen LogP contribution in [-0.2, 0) is 0 Å². The molecule has 0 saturated carbocycles. The van der Waals surface area contributed by atoms with E-state index in [0.717, 1.165) is 11.8 Å². The van der Waals surface area contributed by atoms with E-state index in [4.69, 9.17) is 14.7 Å². The normalized spacial score (nSPS) is 12.8. The second-order valence-corrected chi connectivity index (χ2v) is 4.21. The Morgan fingerprint density at radius 2 is 1.95 bits per heavy atom. The van der Waals surface area contributed by atoms with Crippen molar-refractivity contribution in [3.8, 4) is 22.6 Å². The summed E-state index contributed by atoms with van der Waals surface area (Å²) < 4.78 is 10.6. The molecule has 1 aliphatic heterocycles. The molecule has 0 saturated heterocycles. The Bertz CT molecular complexity index is 694. The van der Waals surface area contributed by atoms with Crippen molar-refractivity contribution in [1.82, 2.24) is 0 Å². The van der Waals surface area contributed by atoms with E-state index in [1.165, 1.54) is 6.21 Å². The molecule has 20 heavy (non-hydrogen) atoms. The highest BCUT2D eigenvalue weighted by molar-refractivity contribution is 5.98. The van der Waals surface area contributed by atoms with Crippen molar-refractivity contribution < 1.29 is 19.5 Å². The summed E-state index contributed by atoms with van der Waals surface area (Å²) in [6.07, 6.45) is 2.07. The summed E-state index contributed by atoms with van der Waals surface area (Å²) in [5, 5.41) is 11.8. The number of ether oxygens (including phenoxy) is 2. The van der Waals surface area contributed by atoms with Crippen LogP contribution in [0.3, 0.4) is 0 Å². The molecule has 1 N–H and O–H groups in total. The maximum absolute atomic E-state index is 11.4. The van der Waals surface area contributed by atoms with E-state index < -0.39 is 0 Å². The maximum Gasteiger partial charge on any atom is 0.231 e. The van der Waals surface area contributed by atoms with Crippen LogP contribution in [0.1, 0.15) is 15.9 Å². The van der Waals surface area contributed by atoms with E-state index in [1.54, 1.807) is 18.2 Å². The van der Waals surface area contributed by atoms with E-state index in [9.17, 15) is 4.79 Å². The van der Waals surface area contributed by atoms with Crippen LogP contribution in [-0.4, -0.2) is 24.5 Å². The number of nitrogens with zero attached hydrogens (tertiary/aromatic N) is 1. The van der Waals surface area contributed by atoms with Crippen molar-refractivity contribution in [1.29, 1.82) is 0 Å². The maximum atomic E-state index is 11.4. The van der Waals surface area contributed by atoms with Gasteiger partial charge in [-0.05, 0) is 23.3 Å². The molecule has 0 amide bonds. The van der Waals surface area contributed by atoms with Crippen LogP contribution >= 0.6 is 0 Å². The lowest BCUT2D eigenvalue weighted by atomic mass is 9.95. The Morgan fingerprint density at radius 3 is 2.75 bits per heavy atom. The number of hydrogen-bond donors (Lipinski definition) is 1. The van der Waals surface area contributed by atoms with E-state index in [0.29, 0.717) is 28.2 Å². The van der Waals surface area contributed by atoms with E-state index >= 15 is 0 Å². The number of carbonyl (C=O) groups is 1. The summed E-state index contributed by atoms with van der Waals surface area (Å²) >= 11 is 0. The number of rotatable bonds is 3. The van der Waals surface area contributed by atoms with Gasteiger partial charge in [0.25, 0.3) is 0 Å². The molecule has 2 aromatic carbocycles. The van der Waals surface area contributed by atoms with Crippen molar-refractivity contribution in [2.75, 3.05) is 6.79 Å². The molecule has 2 aromatic rings. The third kappa shape index (κ3) is 1.89. The zero-order chi connectivity index (χ0) is 13.9. The van der Waals surface area contributed by atoms with Crippen molar-refractivity contribution in [3.63, 3.8) is 0 Å². The zero-order valence-corrected chi connectivity index (χ0v) is 10.4. The fraction of sp³-hybridized carbons (Fsp3) is 0.0667. The van der Waals surface area contributed by atoms with Gasteiger partial charge >= 0.3 is 0 Å². The summed E-state index contributed by atoms with van der Waals surface area (Å²) in [6, 6.07) is 10.9. The predicted octanol–water partition coefficient (Wildman–Crippen LogP) is 2.70. The van der Waals surface area contributed by atoms with Crippen molar-refractivity contribution in [2.45, 2.75) is 0 Å². The first kappa shape index (κ1) is 12.2. The second-order valence-electron chi connectivity index (χ2n) is 4.21. The summed E-state index contributed by atoms with van der Waals surface area (Å²) in [7, 11) is 0. The highest BCUT2D eigenvalue weighted by Gasteiger charge is 2.21. The highest BCUT2D eigenvalue weighted by atomic mass is 16.7. The summed E-state index contributed by atoms with van der Waals surface area (Å²) in [5.74, 6) is 1.01. The molecule has 0 aromatic heterocycles. The number of fused-ring (bicyclic) bond motifs is 1. The lowest BCUT2D eigenvalue weighted by molar-refractivity contribution is 0.111. The average molecular weight is 269 g/mol. The van der Waals surface area contributed by atoms with Gasteiger partial charge in [-0.2, -0.15) is 0 Å². The van der Waals surface area contributed by atoms with Gasteiger partial charge in [0, 0.05) is 5.56 Å². The molecular formula is C15H11NO4. The predicted molar refractivity (Wildman–Crippen MR) is 72.8 cm³/mol. The lowest BCUT2D eigenvalue weighted by Gasteiger charge is -2.10.